The minimum atomic E-state index is -1.13. The standard InChI is InChI=1S/C24H22N4O5/c1-14(2)33-24(30)25-16-7-5-6-15(12-16)23(29)27-22-18-8-3-4-9-20(18)26-21-13-17(28(31)32)10-11-19(21)22/h3-14,23,29H,1-2H3,(H,25,30)(H,26,27). The number of nitro benzene ring substituents is 1. The number of fused-ring (bicyclic) bond motifs is 2. The van der Waals surface area contributed by atoms with Gasteiger partial charge >= 0.3 is 6.09 Å². The number of aliphatic hydroxyl groups is 1. The van der Waals surface area contributed by atoms with Crippen molar-refractivity contribution in [1.29, 1.82) is 0 Å². The topological polar surface area (TPSA) is 127 Å². The highest BCUT2D eigenvalue weighted by Crippen LogP contribution is 2.34. The first kappa shape index (κ1) is 22.0. The highest BCUT2D eigenvalue weighted by molar-refractivity contribution is 6.07. The van der Waals surface area contributed by atoms with Crippen LogP contribution in [0.5, 0.6) is 0 Å². The number of hydrogen-bond donors (Lipinski definition) is 3. The highest BCUT2D eigenvalue weighted by atomic mass is 16.6. The molecule has 0 fully saturated rings. The van der Waals surface area contributed by atoms with Gasteiger partial charge in [-0.3, -0.25) is 15.4 Å². The Balaban J connectivity index is 1.70. The molecule has 0 saturated heterocycles. The van der Waals surface area contributed by atoms with Crippen LogP contribution in [0.25, 0.3) is 21.8 Å². The minimum Gasteiger partial charge on any atom is -0.447 e. The molecule has 168 valence electrons. The summed E-state index contributed by atoms with van der Waals surface area (Å²) in [7, 11) is 0. The molecule has 0 spiro atoms. The number of aromatic nitrogens is 1. The molecule has 1 atom stereocenters. The zero-order chi connectivity index (χ0) is 23.5. The molecule has 0 saturated carbocycles. The van der Waals surface area contributed by atoms with Gasteiger partial charge < -0.3 is 15.2 Å². The van der Waals surface area contributed by atoms with Crippen molar-refractivity contribution in [1.82, 2.24) is 4.98 Å². The van der Waals surface area contributed by atoms with Crippen LogP contribution >= 0.6 is 0 Å². The molecular weight excluding hydrogens is 424 g/mol. The molecule has 0 aliphatic carbocycles. The number of hydrogen-bond acceptors (Lipinski definition) is 7. The van der Waals surface area contributed by atoms with Crippen LogP contribution in [-0.2, 0) is 4.74 Å². The molecule has 4 rings (SSSR count). The summed E-state index contributed by atoms with van der Waals surface area (Å²) >= 11 is 0. The van der Waals surface area contributed by atoms with Gasteiger partial charge in [0, 0.05) is 34.2 Å². The summed E-state index contributed by atoms with van der Waals surface area (Å²) in [5.74, 6) is 0. The van der Waals surface area contributed by atoms with E-state index in [9.17, 15) is 20.0 Å². The van der Waals surface area contributed by atoms with E-state index in [0.717, 1.165) is 5.39 Å². The second-order valence-electron chi connectivity index (χ2n) is 7.71. The second kappa shape index (κ2) is 9.09. The Hall–Kier alpha value is -4.24. The normalized spacial score (nSPS) is 12.0. The van der Waals surface area contributed by atoms with E-state index in [1.165, 1.54) is 12.1 Å². The number of nitro groups is 1. The third-order valence-corrected chi connectivity index (χ3v) is 4.95. The van der Waals surface area contributed by atoms with Gasteiger partial charge in [-0.25, -0.2) is 9.78 Å². The number of anilines is 2. The van der Waals surface area contributed by atoms with Crippen LogP contribution in [0.1, 0.15) is 25.6 Å². The van der Waals surface area contributed by atoms with Gasteiger partial charge in [-0.2, -0.15) is 0 Å². The molecular formula is C24H22N4O5. The Labute approximate surface area is 189 Å². The fraction of sp³-hybridized carbons (Fsp3) is 0.167. The van der Waals surface area contributed by atoms with Gasteiger partial charge in [-0.15, -0.1) is 0 Å². The number of non-ortho nitro benzene ring substituents is 1. The van der Waals surface area contributed by atoms with Crippen LogP contribution in [0.15, 0.2) is 66.7 Å². The van der Waals surface area contributed by atoms with Crippen LogP contribution in [0.3, 0.4) is 0 Å². The lowest BCUT2D eigenvalue weighted by Gasteiger charge is -2.19. The average Bonchev–Trinajstić information content (AvgIpc) is 2.78. The SMILES string of the molecule is CC(C)OC(=O)Nc1cccc(C(O)Nc2c3ccccc3nc3cc([N+](=O)[O-])ccc23)c1. The molecule has 33 heavy (non-hydrogen) atoms. The molecule has 9 nitrogen and oxygen atoms in total. The van der Waals surface area contributed by atoms with Crippen molar-refractivity contribution >= 4 is 45.0 Å². The van der Waals surface area contributed by atoms with Gasteiger partial charge in [0.15, 0.2) is 6.23 Å². The lowest BCUT2D eigenvalue weighted by atomic mass is 10.1. The number of para-hydroxylation sites is 1. The maximum Gasteiger partial charge on any atom is 0.411 e. The van der Waals surface area contributed by atoms with E-state index < -0.39 is 17.2 Å². The summed E-state index contributed by atoms with van der Waals surface area (Å²) in [6, 6.07) is 18.5. The summed E-state index contributed by atoms with van der Waals surface area (Å²) in [4.78, 5) is 27.2. The smallest absolute Gasteiger partial charge is 0.411 e. The summed E-state index contributed by atoms with van der Waals surface area (Å²) in [5, 5.41) is 29.3. The fourth-order valence-electron chi connectivity index (χ4n) is 3.52. The van der Waals surface area contributed by atoms with Crippen molar-refractivity contribution < 1.29 is 19.6 Å². The summed E-state index contributed by atoms with van der Waals surface area (Å²) in [6.45, 7) is 3.50. The number of carbonyl (C=O) groups is 1. The van der Waals surface area contributed by atoms with E-state index in [0.29, 0.717) is 33.4 Å². The van der Waals surface area contributed by atoms with Gasteiger partial charge in [-0.1, -0.05) is 30.3 Å². The Bertz CT molecular complexity index is 1360. The molecule has 0 aliphatic rings. The number of nitrogens with one attached hydrogen (secondary N) is 2. The molecule has 1 unspecified atom stereocenters. The van der Waals surface area contributed by atoms with Crippen LogP contribution in [0.4, 0.5) is 21.9 Å². The third-order valence-electron chi connectivity index (χ3n) is 4.95. The number of amides is 1. The summed E-state index contributed by atoms with van der Waals surface area (Å²) in [6.07, 6.45) is -1.97. The number of benzene rings is 3. The zero-order valence-electron chi connectivity index (χ0n) is 18.0. The number of ether oxygens (including phenoxy) is 1. The molecule has 4 aromatic rings. The maximum absolute atomic E-state index is 11.9. The van der Waals surface area contributed by atoms with Gasteiger partial charge in [0.25, 0.3) is 5.69 Å². The van der Waals surface area contributed by atoms with Crippen molar-refractivity contribution in [3.8, 4) is 0 Å². The third kappa shape index (κ3) is 4.83. The molecule has 1 heterocycles. The first-order valence-corrected chi connectivity index (χ1v) is 10.3. The zero-order valence-corrected chi connectivity index (χ0v) is 18.0. The van der Waals surface area contributed by atoms with Crippen molar-refractivity contribution in [3.63, 3.8) is 0 Å². The molecule has 3 N–H and O–H groups in total. The van der Waals surface area contributed by atoms with E-state index in [-0.39, 0.29) is 11.8 Å². The average molecular weight is 446 g/mol. The number of carbonyl (C=O) groups excluding carboxylic acids is 1. The van der Waals surface area contributed by atoms with E-state index in [2.05, 4.69) is 15.6 Å². The predicted molar refractivity (Wildman–Crippen MR) is 126 cm³/mol. The monoisotopic (exact) mass is 446 g/mol. The summed E-state index contributed by atoms with van der Waals surface area (Å²) < 4.78 is 5.09. The van der Waals surface area contributed by atoms with Gasteiger partial charge in [0.1, 0.15) is 0 Å². The van der Waals surface area contributed by atoms with Crippen LogP contribution < -0.4 is 10.6 Å². The number of nitrogens with zero attached hydrogens (tertiary/aromatic N) is 2. The highest BCUT2D eigenvalue weighted by Gasteiger charge is 2.17. The molecule has 9 heteroatoms. The molecule has 1 amide bonds. The van der Waals surface area contributed by atoms with Crippen molar-refractivity contribution in [3.05, 3.63) is 82.4 Å². The van der Waals surface area contributed by atoms with E-state index in [4.69, 9.17) is 4.74 Å². The molecule has 0 radical (unpaired) electrons. The first-order chi connectivity index (χ1) is 15.8. The van der Waals surface area contributed by atoms with Crippen molar-refractivity contribution in [2.45, 2.75) is 26.2 Å². The molecule has 0 aliphatic heterocycles. The number of aliphatic hydroxyl groups excluding tert-OH is 1. The number of pyridine rings is 1. The largest absolute Gasteiger partial charge is 0.447 e. The lowest BCUT2D eigenvalue weighted by Crippen LogP contribution is -2.18. The Kier molecular flexibility index (Phi) is 6.05. The first-order valence-electron chi connectivity index (χ1n) is 10.3. The Morgan fingerprint density at radius 2 is 1.79 bits per heavy atom. The van der Waals surface area contributed by atoms with Gasteiger partial charge in [-0.05, 0) is 38.1 Å². The van der Waals surface area contributed by atoms with Crippen molar-refractivity contribution in [2.75, 3.05) is 10.6 Å². The molecule has 3 aromatic carbocycles. The van der Waals surface area contributed by atoms with Gasteiger partial charge in [0.05, 0.1) is 27.7 Å². The minimum absolute atomic E-state index is 0.0659. The maximum atomic E-state index is 11.9. The van der Waals surface area contributed by atoms with Crippen LogP contribution in [0, 0.1) is 10.1 Å². The van der Waals surface area contributed by atoms with E-state index in [1.54, 1.807) is 50.2 Å². The van der Waals surface area contributed by atoms with Crippen molar-refractivity contribution in [2.24, 2.45) is 0 Å². The quantitative estimate of drug-likeness (QED) is 0.158. The second-order valence-corrected chi connectivity index (χ2v) is 7.71. The van der Waals surface area contributed by atoms with Gasteiger partial charge in [0.2, 0.25) is 0 Å². The van der Waals surface area contributed by atoms with Crippen LogP contribution in [-0.4, -0.2) is 27.2 Å². The Morgan fingerprint density at radius 1 is 1.03 bits per heavy atom. The predicted octanol–water partition coefficient (Wildman–Crippen LogP) is 5.36. The van der Waals surface area contributed by atoms with Crippen LogP contribution in [0.2, 0.25) is 0 Å². The van der Waals surface area contributed by atoms with E-state index in [1.807, 2.05) is 18.2 Å². The van der Waals surface area contributed by atoms with E-state index >= 15 is 0 Å². The molecule has 0 bridgehead atoms. The fourth-order valence-corrected chi connectivity index (χ4v) is 3.52. The number of rotatable bonds is 6. The summed E-state index contributed by atoms with van der Waals surface area (Å²) in [5.41, 5.74) is 2.57. The molecule has 1 aromatic heterocycles. The lowest BCUT2D eigenvalue weighted by molar-refractivity contribution is -0.384. The Morgan fingerprint density at radius 3 is 2.55 bits per heavy atom.